The number of benzene rings is 2. The zero-order valence-electron chi connectivity index (χ0n) is 17.4. The fourth-order valence-corrected chi connectivity index (χ4v) is 3.19. The summed E-state index contributed by atoms with van der Waals surface area (Å²) in [5, 5.41) is 6.73. The largest absolute Gasteiger partial charge is 0.454 e. The lowest BCUT2D eigenvalue weighted by atomic mass is 10.1. The Morgan fingerprint density at radius 2 is 1.59 bits per heavy atom. The first-order valence-corrected chi connectivity index (χ1v) is 9.85. The number of hydrogen-bond acceptors (Lipinski definition) is 4. The SMILES string of the molecule is CCN(CC)Cc1cccc(CNC(=NC)NCc2ccc3c(c2)OCO3)c1.I. The fourth-order valence-electron chi connectivity index (χ4n) is 3.19. The first kappa shape index (κ1) is 23.3. The van der Waals surface area contributed by atoms with E-state index in [1.807, 2.05) is 18.2 Å². The van der Waals surface area contributed by atoms with Crippen LogP contribution in [0.25, 0.3) is 0 Å². The van der Waals surface area contributed by atoms with Crippen LogP contribution in [0.5, 0.6) is 11.5 Å². The molecule has 0 spiro atoms. The Bertz CT molecular complexity index is 809. The Morgan fingerprint density at radius 3 is 2.28 bits per heavy atom. The van der Waals surface area contributed by atoms with Gasteiger partial charge in [-0.05, 0) is 41.9 Å². The van der Waals surface area contributed by atoms with Crippen LogP contribution >= 0.6 is 24.0 Å². The van der Waals surface area contributed by atoms with Crippen LogP contribution in [-0.2, 0) is 19.6 Å². The van der Waals surface area contributed by atoms with Gasteiger partial charge in [-0.15, -0.1) is 24.0 Å². The van der Waals surface area contributed by atoms with Crippen molar-refractivity contribution in [2.24, 2.45) is 4.99 Å². The van der Waals surface area contributed by atoms with Crippen LogP contribution in [0, 0.1) is 0 Å². The third kappa shape index (κ3) is 6.78. The molecule has 0 unspecified atom stereocenters. The van der Waals surface area contributed by atoms with Gasteiger partial charge in [-0.3, -0.25) is 9.89 Å². The molecule has 0 saturated carbocycles. The number of nitrogens with one attached hydrogen (secondary N) is 2. The number of fused-ring (bicyclic) bond motifs is 1. The van der Waals surface area contributed by atoms with Crippen LogP contribution in [0.4, 0.5) is 0 Å². The molecule has 0 atom stereocenters. The summed E-state index contributed by atoms with van der Waals surface area (Å²) < 4.78 is 10.8. The van der Waals surface area contributed by atoms with E-state index in [-0.39, 0.29) is 24.0 Å². The van der Waals surface area contributed by atoms with Crippen molar-refractivity contribution in [2.75, 3.05) is 26.9 Å². The predicted octanol–water partition coefficient (Wildman–Crippen LogP) is 3.74. The Kier molecular flexibility index (Phi) is 9.53. The molecule has 0 aromatic heterocycles. The number of aliphatic imine (C=N–C) groups is 1. The number of nitrogens with zero attached hydrogens (tertiary/aromatic N) is 2. The first-order valence-electron chi connectivity index (χ1n) is 9.85. The van der Waals surface area contributed by atoms with Crippen LogP contribution in [-0.4, -0.2) is 37.8 Å². The van der Waals surface area contributed by atoms with Crippen molar-refractivity contribution in [2.45, 2.75) is 33.5 Å². The Hall–Kier alpha value is -2.00. The van der Waals surface area contributed by atoms with Crippen molar-refractivity contribution in [3.8, 4) is 11.5 Å². The second-order valence-corrected chi connectivity index (χ2v) is 6.75. The number of guanidine groups is 1. The van der Waals surface area contributed by atoms with E-state index in [9.17, 15) is 0 Å². The lowest BCUT2D eigenvalue weighted by molar-refractivity contribution is 0.174. The molecule has 0 fully saturated rings. The highest BCUT2D eigenvalue weighted by Gasteiger charge is 2.13. The standard InChI is InChI=1S/C22H30N4O2.HI/c1-4-26(5-2)15-19-8-6-7-17(11-19)13-24-22(23-3)25-14-18-9-10-20-21(12-18)28-16-27-20;/h6-12H,4-5,13-16H2,1-3H3,(H2,23,24,25);1H. The van der Waals surface area contributed by atoms with Crippen molar-refractivity contribution in [3.05, 3.63) is 59.2 Å². The minimum Gasteiger partial charge on any atom is -0.454 e. The summed E-state index contributed by atoms with van der Waals surface area (Å²) in [6.45, 7) is 9.20. The Balaban J connectivity index is 0.00000300. The van der Waals surface area contributed by atoms with E-state index in [1.54, 1.807) is 7.05 Å². The van der Waals surface area contributed by atoms with Gasteiger partial charge in [-0.1, -0.05) is 44.2 Å². The van der Waals surface area contributed by atoms with E-state index >= 15 is 0 Å². The highest BCUT2D eigenvalue weighted by Crippen LogP contribution is 2.32. The summed E-state index contributed by atoms with van der Waals surface area (Å²) in [6, 6.07) is 14.7. The van der Waals surface area contributed by atoms with Crippen molar-refractivity contribution in [3.63, 3.8) is 0 Å². The molecule has 2 aromatic rings. The van der Waals surface area contributed by atoms with Crippen molar-refractivity contribution < 1.29 is 9.47 Å². The summed E-state index contributed by atoms with van der Waals surface area (Å²) in [4.78, 5) is 6.73. The van der Waals surface area contributed by atoms with Crippen molar-refractivity contribution in [1.29, 1.82) is 0 Å². The average molecular weight is 510 g/mol. The van der Waals surface area contributed by atoms with Crippen LogP contribution in [0.1, 0.15) is 30.5 Å². The highest BCUT2D eigenvalue weighted by molar-refractivity contribution is 14.0. The van der Waals surface area contributed by atoms with E-state index < -0.39 is 0 Å². The van der Waals surface area contributed by atoms with E-state index in [0.29, 0.717) is 13.3 Å². The molecule has 29 heavy (non-hydrogen) atoms. The summed E-state index contributed by atoms with van der Waals surface area (Å²) >= 11 is 0. The summed E-state index contributed by atoms with van der Waals surface area (Å²) in [6.07, 6.45) is 0. The number of rotatable bonds is 8. The summed E-state index contributed by atoms with van der Waals surface area (Å²) in [7, 11) is 1.78. The van der Waals surface area contributed by atoms with Gasteiger partial charge in [-0.2, -0.15) is 0 Å². The van der Waals surface area contributed by atoms with Crippen LogP contribution in [0.15, 0.2) is 47.5 Å². The normalized spacial score (nSPS) is 12.6. The number of hydrogen-bond donors (Lipinski definition) is 2. The lowest BCUT2D eigenvalue weighted by Crippen LogP contribution is -2.36. The van der Waals surface area contributed by atoms with Crippen LogP contribution in [0.3, 0.4) is 0 Å². The molecule has 0 aliphatic carbocycles. The number of halogens is 1. The molecular formula is C22H31IN4O2. The van der Waals surface area contributed by atoms with E-state index in [1.165, 1.54) is 11.1 Å². The van der Waals surface area contributed by atoms with Gasteiger partial charge in [-0.25, -0.2) is 0 Å². The topological polar surface area (TPSA) is 58.1 Å². The molecule has 158 valence electrons. The first-order chi connectivity index (χ1) is 13.7. The highest BCUT2D eigenvalue weighted by atomic mass is 127. The van der Waals surface area contributed by atoms with Gasteiger partial charge in [0.15, 0.2) is 17.5 Å². The minimum absolute atomic E-state index is 0. The van der Waals surface area contributed by atoms with Gasteiger partial charge in [0.2, 0.25) is 6.79 Å². The van der Waals surface area contributed by atoms with Gasteiger partial charge in [0, 0.05) is 26.7 Å². The molecule has 0 saturated heterocycles. The second kappa shape index (κ2) is 11.9. The summed E-state index contributed by atoms with van der Waals surface area (Å²) in [5.41, 5.74) is 3.70. The van der Waals surface area contributed by atoms with Gasteiger partial charge in [0.25, 0.3) is 0 Å². The van der Waals surface area contributed by atoms with Crippen molar-refractivity contribution in [1.82, 2.24) is 15.5 Å². The summed E-state index contributed by atoms with van der Waals surface area (Å²) in [5.74, 6) is 2.37. The molecular weight excluding hydrogens is 479 g/mol. The molecule has 0 radical (unpaired) electrons. The molecule has 2 N–H and O–H groups in total. The predicted molar refractivity (Wildman–Crippen MR) is 128 cm³/mol. The molecule has 1 aliphatic rings. The maximum atomic E-state index is 5.43. The number of ether oxygens (including phenoxy) is 2. The molecule has 2 aromatic carbocycles. The zero-order chi connectivity index (χ0) is 19.8. The molecule has 7 heteroatoms. The van der Waals surface area contributed by atoms with E-state index in [4.69, 9.17) is 9.47 Å². The Labute approximate surface area is 190 Å². The lowest BCUT2D eigenvalue weighted by Gasteiger charge is -2.18. The minimum atomic E-state index is 0. The monoisotopic (exact) mass is 510 g/mol. The third-order valence-electron chi connectivity index (χ3n) is 4.87. The van der Waals surface area contributed by atoms with Crippen LogP contribution in [0.2, 0.25) is 0 Å². The molecule has 0 bridgehead atoms. The van der Waals surface area contributed by atoms with Crippen LogP contribution < -0.4 is 20.1 Å². The van der Waals surface area contributed by atoms with Crippen molar-refractivity contribution >= 4 is 29.9 Å². The second-order valence-electron chi connectivity index (χ2n) is 6.75. The molecule has 6 nitrogen and oxygen atoms in total. The van der Waals surface area contributed by atoms with E-state index in [2.05, 4.69) is 58.6 Å². The van der Waals surface area contributed by atoms with Gasteiger partial charge < -0.3 is 20.1 Å². The molecule has 3 rings (SSSR count). The third-order valence-corrected chi connectivity index (χ3v) is 4.87. The average Bonchev–Trinajstić information content (AvgIpc) is 3.20. The maximum absolute atomic E-state index is 5.43. The molecule has 1 heterocycles. The molecule has 1 aliphatic heterocycles. The Morgan fingerprint density at radius 1 is 0.931 bits per heavy atom. The van der Waals surface area contributed by atoms with E-state index in [0.717, 1.165) is 49.2 Å². The van der Waals surface area contributed by atoms with Gasteiger partial charge in [0.1, 0.15) is 0 Å². The van der Waals surface area contributed by atoms with Gasteiger partial charge >= 0.3 is 0 Å². The maximum Gasteiger partial charge on any atom is 0.231 e. The fraction of sp³-hybridized carbons (Fsp3) is 0.409. The smallest absolute Gasteiger partial charge is 0.231 e. The quantitative estimate of drug-likeness (QED) is 0.322. The molecule has 0 amide bonds. The zero-order valence-corrected chi connectivity index (χ0v) is 19.7. The van der Waals surface area contributed by atoms with Gasteiger partial charge in [0.05, 0.1) is 0 Å².